The van der Waals surface area contributed by atoms with Crippen LogP contribution in [0.15, 0.2) is 12.1 Å². The normalized spacial score (nSPS) is 18.6. The molecule has 5 heteroatoms. The number of hydrogen-bond acceptors (Lipinski definition) is 4. The minimum absolute atomic E-state index is 0.0243. The van der Waals surface area contributed by atoms with Gasteiger partial charge in [-0.15, -0.1) is 0 Å². The van der Waals surface area contributed by atoms with Gasteiger partial charge in [-0.3, -0.25) is 4.57 Å². The van der Waals surface area contributed by atoms with Crippen molar-refractivity contribution in [3.05, 3.63) is 12.1 Å². The molecule has 1 aliphatic rings. The van der Waals surface area contributed by atoms with Crippen molar-refractivity contribution < 1.29 is 4.74 Å². The molecule has 102 valence electrons. The van der Waals surface area contributed by atoms with Crippen molar-refractivity contribution >= 4 is 17.1 Å². The number of anilines is 1. The largest absolute Gasteiger partial charge is 0.481 e. The fraction of sp³-hybridized carbons (Fsp3) is 0.571. The summed E-state index contributed by atoms with van der Waals surface area (Å²) >= 11 is 0. The molecule has 2 N–H and O–H groups in total. The van der Waals surface area contributed by atoms with Gasteiger partial charge in [0, 0.05) is 11.6 Å². The predicted molar refractivity (Wildman–Crippen MR) is 75.2 cm³/mol. The maximum Gasteiger partial charge on any atom is 0.215 e. The van der Waals surface area contributed by atoms with Crippen LogP contribution in [0.25, 0.3) is 11.2 Å². The Hall–Kier alpha value is -1.78. The second-order valence-electron chi connectivity index (χ2n) is 5.56. The van der Waals surface area contributed by atoms with E-state index in [1.165, 1.54) is 19.3 Å². The zero-order chi connectivity index (χ0) is 13.5. The molecular weight excluding hydrogens is 240 g/mol. The number of imidazole rings is 1. The topological polar surface area (TPSA) is 66.0 Å². The van der Waals surface area contributed by atoms with Crippen LogP contribution in [0.5, 0.6) is 5.88 Å². The maximum atomic E-state index is 6.13. The number of aromatic nitrogens is 3. The molecule has 1 aliphatic carbocycles. The maximum absolute atomic E-state index is 6.13. The van der Waals surface area contributed by atoms with E-state index in [1.807, 2.05) is 12.1 Å². The predicted octanol–water partition coefficient (Wildman–Crippen LogP) is 2.70. The van der Waals surface area contributed by atoms with Crippen LogP contribution in [-0.2, 0) is 5.54 Å². The van der Waals surface area contributed by atoms with Crippen LogP contribution in [0.2, 0.25) is 0 Å². The Morgan fingerprint density at radius 1 is 1.21 bits per heavy atom. The van der Waals surface area contributed by atoms with Gasteiger partial charge in [-0.25, -0.2) is 4.98 Å². The molecule has 0 atom stereocenters. The highest BCUT2D eigenvalue weighted by Crippen LogP contribution is 2.38. The van der Waals surface area contributed by atoms with Gasteiger partial charge in [-0.1, -0.05) is 19.3 Å². The SMILES string of the molecule is COc1ccc2nc(N)n(C3(C)CCCCC3)c2n1. The lowest BCUT2D eigenvalue weighted by molar-refractivity contribution is 0.227. The average Bonchev–Trinajstić information content (AvgIpc) is 2.74. The summed E-state index contributed by atoms with van der Waals surface area (Å²) < 4.78 is 7.31. The molecule has 0 amide bonds. The highest BCUT2D eigenvalue weighted by molar-refractivity contribution is 5.75. The molecule has 0 unspecified atom stereocenters. The van der Waals surface area contributed by atoms with E-state index in [1.54, 1.807) is 7.11 Å². The Morgan fingerprint density at radius 2 is 1.95 bits per heavy atom. The van der Waals surface area contributed by atoms with Crippen molar-refractivity contribution in [1.82, 2.24) is 14.5 Å². The average molecular weight is 260 g/mol. The second-order valence-corrected chi connectivity index (χ2v) is 5.56. The van der Waals surface area contributed by atoms with E-state index >= 15 is 0 Å². The van der Waals surface area contributed by atoms with Crippen molar-refractivity contribution in [2.45, 2.75) is 44.6 Å². The minimum atomic E-state index is 0.0243. The van der Waals surface area contributed by atoms with E-state index in [2.05, 4.69) is 21.5 Å². The van der Waals surface area contributed by atoms with Gasteiger partial charge in [0.1, 0.15) is 5.52 Å². The monoisotopic (exact) mass is 260 g/mol. The molecule has 19 heavy (non-hydrogen) atoms. The Morgan fingerprint density at radius 3 is 2.63 bits per heavy atom. The van der Waals surface area contributed by atoms with Crippen molar-refractivity contribution in [1.29, 1.82) is 0 Å². The molecule has 0 saturated heterocycles. The summed E-state index contributed by atoms with van der Waals surface area (Å²) in [6.45, 7) is 2.25. The van der Waals surface area contributed by atoms with Gasteiger partial charge in [0.25, 0.3) is 0 Å². The molecule has 0 bridgehead atoms. The summed E-state index contributed by atoms with van der Waals surface area (Å²) in [6, 6.07) is 3.74. The summed E-state index contributed by atoms with van der Waals surface area (Å²) in [7, 11) is 1.63. The minimum Gasteiger partial charge on any atom is -0.481 e. The lowest BCUT2D eigenvalue weighted by Gasteiger charge is -2.35. The Bertz CT molecular complexity index is 599. The van der Waals surface area contributed by atoms with Gasteiger partial charge >= 0.3 is 0 Å². The van der Waals surface area contributed by atoms with Gasteiger partial charge < -0.3 is 10.5 Å². The first-order chi connectivity index (χ1) is 9.14. The Balaban J connectivity index is 2.18. The summed E-state index contributed by atoms with van der Waals surface area (Å²) in [4.78, 5) is 8.96. The summed E-state index contributed by atoms with van der Waals surface area (Å²) in [5.41, 5.74) is 7.83. The van der Waals surface area contributed by atoms with Crippen LogP contribution in [0.3, 0.4) is 0 Å². The van der Waals surface area contributed by atoms with Crippen LogP contribution >= 0.6 is 0 Å². The molecular formula is C14H20N4O. The molecule has 0 aromatic carbocycles. The summed E-state index contributed by atoms with van der Waals surface area (Å²) in [5, 5.41) is 0. The van der Waals surface area contributed by atoms with Crippen LogP contribution in [0, 0.1) is 0 Å². The van der Waals surface area contributed by atoms with E-state index in [9.17, 15) is 0 Å². The molecule has 3 rings (SSSR count). The summed E-state index contributed by atoms with van der Waals surface area (Å²) in [6.07, 6.45) is 6.03. The molecule has 2 heterocycles. The molecule has 2 aromatic rings. The third-order valence-corrected chi connectivity index (χ3v) is 4.18. The first-order valence-corrected chi connectivity index (χ1v) is 6.83. The van der Waals surface area contributed by atoms with E-state index in [4.69, 9.17) is 10.5 Å². The zero-order valence-corrected chi connectivity index (χ0v) is 11.5. The van der Waals surface area contributed by atoms with Crippen LogP contribution in [0.4, 0.5) is 5.95 Å². The number of nitrogens with zero attached hydrogens (tertiary/aromatic N) is 3. The van der Waals surface area contributed by atoms with Gasteiger partial charge in [-0.05, 0) is 25.8 Å². The zero-order valence-electron chi connectivity index (χ0n) is 11.5. The number of fused-ring (bicyclic) bond motifs is 1. The van der Waals surface area contributed by atoms with Crippen LogP contribution < -0.4 is 10.5 Å². The smallest absolute Gasteiger partial charge is 0.215 e. The standard InChI is InChI=1S/C14H20N4O/c1-14(8-4-3-5-9-14)18-12-10(16-13(18)15)6-7-11(17-12)19-2/h6-7H,3-5,8-9H2,1-2H3,(H2,15,16). The number of nitrogens with two attached hydrogens (primary N) is 1. The Kier molecular flexibility index (Phi) is 2.84. The lowest BCUT2D eigenvalue weighted by atomic mass is 9.83. The number of ether oxygens (including phenoxy) is 1. The fourth-order valence-corrected chi connectivity index (χ4v) is 3.14. The Labute approximate surface area is 112 Å². The highest BCUT2D eigenvalue weighted by atomic mass is 16.5. The molecule has 5 nitrogen and oxygen atoms in total. The van der Waals surface area contributed by atoms with Crippen molar-refractivity contribution in [3.8, 4) is 5.88 Å². The third kappa shape index (κ3) is 1.93. The molecule has 1 saturated carbocycles. The van der Waals surface area contributed by atoms with Gasteiger partial charge in [-0.2, -0.15) is 4.98 Å². The van der Waals surface area contributed by atoms with E-state index in [-0.39, 0.29) is 5.54 Å². The van der Waals surface area contributed by atoms with Gasteiger partial charge in [0.2, 0.25) is 11.8 Å². The third-order valence-electron chi connectivity index (χ3n) is 4.18. The van der Waals surface area contributed by atoms with Crippen molar-refractivity contribution in [2.75, 3.05) is 12.8 Å². The first kappa shape index (κ1) is 12.3. The number of methoxy groups -OCH3 is 1. The fourth-order valence-electron chi connectivity index (χ4n) is 3.14. The molecule has 1 fully saturated rings. The number of nitrogen functional groups attached to an aromatic ring is 1. The van der Waals surface area contributed by atoms with Crippen LogP contribution in [-0.4, -0.2) is 21.6 Å². The number of hydrogen-bond donors (Lipinski definition) is 1. The van der Waals surface area contributed by atoms with Gasteiger partial charge in [0.05, 0.1) is 7.11 Å². The summed E-state index contributed by atoms with van der Waals surface area (Å²) in [5.74, 6) is 1.16. The molecule has 0 spiro atoms. The lowest BCUT2D eigenvalue weighted by Crippen LogP contribution is -2.33. The van der Waals surface area contributed by atoms with Crippen LogP contribution in [0.1, 0.15) is 39.0 Å². The van der Waals surface area contributed by atoms with E-state index in [0.29, 0.717) is 11.8 Å². The second kappa shape index (κ2) is 4.40. The first-order valence-electron chi connectivity index (χ1n) is 6.83. The number of pyridine rings is 1. The van der Waals surface area contributed by atoms with E-state index in [0.717, 1.165) is 24.0 Å². The van der Waals surface area contributed by atoms with Crippen molar-refractivity contribution in [2.24, 2.45) is 0 Å². The quantitative estimate of drug-likeness (QED) is 0.901. The number of rotatable bonds is 2. The highest BCUT2D eigenvalue weighted by Gasteiger charge is 2.32. The molecule has 2 aromatic heterocycles. The van der Waals surface area contributed by atoms with Crippen molar-refractivity contribution in [3.63, 3.8) is 0 Å². The molecule has 0 aliphatic heterocycles. The van der Waals surface area contributed by atoms with Gasteiger partial charge in [0.15, 0.2) is 5.65 Å². The molecule has 0 radical (unpaired) electrons. The van der Waals surface area contributed by atoms with E-state index < -0.39 is 0 Å².